The van der Waals surface area contributed by atoms with Gasteiger partial charge in [0.2, 0.25) is 5.95 Å². The molecule has 0 amide bonds. The Labute approximate surface area is 89.8 Å². The second kappa shape index (κ2) is 5.07. The number of aliphatic hydroxyl groups excluding tert-OH is 1. The summed E-state index contributed by atoms with van der Waals surface area (Å²) in [6, 6.07) is 1.89. The SMILES string of the molecule is OC1CCCCCC1Nc1ncccn1. The van der Waals surface area contributed by atoms with E-state index in [1.54, 1.807) is 18.5 Å². The lowest BCUT2D eigenvalue weighted by Gasteiger charge is -2.21. The van der Waals surface area contributed by atoms with E-state index < -0.39 is 0 Å². The van der Waals surface area contributed by atoms with E-state index in [2.05, 4.69) is 15.3 Å². The van der Waals surface area contributed by atoms with E-state index in [9.17, 15) is 5.11 Å². The standard InChI is InChI=1S/C11H17N3O/c15-10-6-3-1-2-5-9(10)14-11-12-7-4-8-13-11/h4,7-10,15H,1-3,5-6H2,(H,12,13,14). The van der Waals surface area contributed by atoms with Gasteiger partial charge in [-0.3, -0.25) is 0 Å². The van der Waals surface area contributed by atoms with Crippen molar-refractivity contribution < 1.29 is 5.11 Å². The highest BCUT2D eigenvalue weighted by Gasteiger charge is 2.21. The third-order valence-electron chi connectivity index (χ3n) is 2.86. The van der Waals surface area contributed by atoms with Crippen LogP contribution in [-0.2, 0) is 0 Å². The molecule has 0 radical (unpaired) electrons. The lowest BCUT2D eigenvalue weighted by molar-refractivity contribution is 0.144. The molecular formula is C11H17N3O. The van der Waals surface area contributed by atoms with Crippen molar-refractivity contribution in [1.82, 2.24) is 9.97 Å². The molecule has 1 aromatic heterocycles. The highest BCUT2D eigenvalue weighted by Crippen LogP contribution is 2.20. The van der Waals surface area contributed by atoms with Crippen molar-refractivity contribution in [2.24, 2.45) is 0 Å². The summed E-state index contributed by atoms with van der Waals surface area (Å²) in [6.45, 7) is 0. The van der Waals surface area contributed by atoms with Crippen LogP contribution in [0.2, 0.25) is 0 Å². The Morgan fingerprint density at radius 3 is 2.67 bits per heavy atom. The number of rotatable bonds is 2. The smallest absolute Gasteiger partial charge is 0.222 e. The van der Waals surface area contributed by atoms with Gasteiger partial charge >= 0.3 is 0 Å². The zero-order valence-corrected chi connectivity index (χ0v) is 8.76. The molecule has 2 unspecified atom stereocenters. The van der Waals surface area contributed by atoms with E-state index in [-0.39, 0.29) is 12.1 Å². The predicted molar refractivity (Wildman–Crippen MR) is 58.5 cm³/mol. The topological polar surface area (TPSA) is 58.0 Å². The van der Waals surface area contributed by atoms with Crippen LogP contribution in [0.1, 0.15) is 32.1 Å². The summed E-state index contributed by atoms with van der Waals surface area (Å²) < 4.78 is 0. The van der Waals surface area contributed by atoms with Gasteiger partial charge in [-0.05, 0) is 18.9 Å². The Bertz CT molecular complexity index is 291. The van der Waals surface area contributed by atoms with E-state index in [0.717, 1.165) is 19.3 Å². The van der Waals surface area contributed by atoms with Gasteiger partial charge in [-0.15, -0.1) is 0 Å². The summed E-state index contributed by atoms with van der Waals surface area (Å²) in [5.41, 5.74) is 0. The van der Waals surface area contributed by atoms with Gasteiger partial charge in [0.25, 0.3) is 0 Å². The molecule has 4 nitrogen and oxygen atoms in total. The third-order valence-corrected chi connectivity index (χ3v) is 2.86. The van der Waals surface area contributed by atoms with Gasteiger partial charge in [0.15, 0.2) is 0 Å². The summed E-state index contributed by atoms with van der Waals surface area (Å²) in [7, 11) is 0. The first kappa shape index (κ1) is 10.4. The molecule has 2 atom stereocenters. The summed E-state index contributed by atoms with van der Waals surface area (Å²) in [5.74, 6) is 0.614. The zero-order chi connectivity index (χ0) is 10.5. The highest BCUT2D eigenvalue weighted by molar-refractivity contribution is 5.24. The lowest BCUT2D eigenvalue weighted by atomic mass is 10.1. The fraction of sp³-hybridized carbons (Fsp3) is 0.636. The Morgan fingerprint density at radius 2 is 1.87 bits per heavy atom. The van der Waals surface area contributed by atoms with Crippen molar-refractivity contribution in [2.45, 2.75) is 44.2 Å². The van der Waals surface area contributed by atoms with Crippen LogP contribution in [0.15, 0.2) is 18.5 Å². The van der Waals surface area contributed by atoms with E-state index in [4.69, 9.17) is 0 Å². The molecule has 2 N–H and O–H groups in total. The van der Waals surface area contributed by atoms with Gasteiger partial charge < -0.3 is 10.4 Å². The first-order chi connectivity index (χ1) is 7.36. The Kier molecular flexibility index (Phi) is 3.50. The summed E-state index contributed by atoms with van der Waals surface area (Å²) in [6.07, 6.45) is 8.53. The number of nitrogens with zero attached hydrogens (tertiary/aromatic N) is 2. The second-order valence-electron chi connectivity index (χ2n) is 4.03. The molecule has 1 aliphatic carbocycles. The zero-order valence-electron chi connectivity index (χ0n) is 8.76. The molecule has 4 heteroatoms. The molecule has 2 rings (SSSR count). The minimum atomic E-state index is -0.267. The number of hydrogen-bond acceptors (Lipinski definition) is 4. The van der Waals surface area contributed by atoms with Crippen LogP contribution in [0.3, 0.4) is 0 Å². The average Bonchev–Trinajstić information content (AvgIpc) is 2.46. The summed E-state index contributed by atoms with van der Waals surface area (Å²) >= 11 is 0. The molecule has 0 bridgehead atoms. The molecule has 1 aliphatic rings. The molecule has 1 fully saturated rings. The predicted octanol–water partition coefficient (Wildman–Crippen LogP) is 1.58. The van der Waals surface area contributed by atoms with Crippen molar-refractivity contribution in [1.29, 1.82) is 0 Å². The van der Waals surface area contributed by atoms with E-state index >= 15 is 0 Å². The van der Waals surface area contributed by atoms with Crippen molar-refractivity contribution in [3.8, 4) is 0 Å². The molecule has 82 valence electrons. The number of hydrogen-bond donors (Lipinski definition) is 2. The van der Waals surface area contributed by atoms with Crippen LogP contribution in [0.25, 0.3) is 0 Å². The second-order valence-corrected chi connectivity index (χ2v) is 4.03. The molecule has 0 aromatic carbocycles. The number of aliphatic hydroxyl groups is 1. The van der Waals surface area contributed by atoms with Crippen LogP contribution >= 0.6 is 0 Å². The molecule has 15 heavy (non-hydrogen) atoms. The maximum atomic E-state index is 9.89. The van der Waals surface area contributed by atoms with Crippen molar-refractivity contribution >= 4 is 5.95 Å². The van der Waals surface area contributed by atoms with Gasteiger partial charge in [0.1, 0.15) is 0 Å². The average molecular weight is 207 g/mol. The molecule has 0 aliphatic heterocycles. The molecule has 1 heterocycles. The minimum Gasteiger partial charge on any atom is -0.391 e. The fourth-order valence-electron chi connectivity index (χ4n) is 2.00. The number of aromatic nitrogens is 2. The molecule has 0 saturated heterocycles. The van der Waals surface area contributed by atoms with Crippen LogP contribution in [0.5, 0.6) is 0 Å². The Morgan fingerprint density at radius 1 is 1.13 bits per heavy atom. The molecule has 1 aromatic rings. The largest absolute Gasteiger partial charge is 0.391 e. The maximum Gasteiger partial charge on any atom is 0.222 e. The van der Waals surface area contributed by atoms with Gasteiger partial charge in [0, 0.05) is 12.4 Å². The Hall–Kier alpha value is -1.16. The van der Waals surface area contributed by atoms with Crippen LogP contribution in [0.4, 0.5) is 5.95 Å². The van der Waals surface area contributed by atoms with Crippen LogP contribution < -0.4 is 5.32 Å². The lowest BCUT2D eigenvalue weighted by Crippen LogP contribution is -2.33. The van der Waals surface area contributed by atoms with Crippen molar-refractivity contribution in [3.63, 3.8) is 0 Å². The van der Waals surface area contributed by atoms with E-state index in [0.29, 0.717) is 5.95 Å². The van der Waals surface area contributed by atoms with Crippen LogP contribution in [-0.4, -0.2) is 27.2 Å². The van der Waals surface area contributed by atoms with Crippen molar-refractivity contribution in [3.05, 3.63) is 18.5 Å². The molecular weight excluding hydrogens is 190 g/mol. The minimum absolute atomic E-state index is 0.106. The quantitative estimate of drug-likeness (QED) is 0.723. The van der Waals surface area contributed by atoms with Gasteiger partial charge in [-0.1, -0.05) is 19.3 Å². The monoisotopic (exact) mass is 207 g/mol. The summed E-state index contributed by atoms with van der Waals surface area (Å²) in [4.78, 5) is 8.21. The van der Waals surface area contributed by atoms with Gasteiger partial charge in [0.05, 0.1) is 12.1 Å². The molecule has 1 saturated carbocycles. The first-order valence-electron chi connectivity index (χ1n) is 5.58. The summed E-state index contributed by atoms with van der Waals surface area (Å²) in [5, 5.41) is 13.1. The third kappa shape index (κ3) is 2.89. The molecule has 0 spiro atoms. The van der Waals surface area contributed by atoms with Crippen LogP contribution in [0, 0.1) is 0 Å². The number of anilines is 1. The van der Waals surface area contributed by atoms with Gasteiger partial charge in [-0.25, -0.2) is 9.97 Å². The highest BCUT2D eigenvalue weighted by atomic mass is 16.3. The first-order valence-corrected chi connectivity index (χ1v) is 5.58. The van der Waals surface area contributed by atoms with Gasteiger partial charge in [-0.2, -0.15) is 0 Å². The maximum absolute atomic E-state index is 9.89. The fourth-order valence-corrected chi connectivity index (χ4v) is 2.00. The normalized spacial score (nSPS) is 27.0. The number of nitrogens with one attached hydrogen (secondary N) is 1. The van der Waals surface area contributed by atoms with Crippen molar-refractivity contribution in [2.75, 3.05) is 5.32 Å². The Balaban J connectivity index is 1.97. The van der Waals surface area contributed by atoms with E-state index in [1.165, 1.54) is 12.8 Å². The van der Waals surface area contributed by atoms with E-state index in [1.807, 2.05) is 0 Å².